The van der Waals surface area contributed by atoms with Crippen LogP contribution < -0.4 is 0 Å². The Balaban J connectivity index is 2.05. The molecular formula is C7H10O3. The van der Waals surface area contributed by atoms with E-state index in [9.17, 15) is 9.59 Å². The highest BCUT2D eigenvalue weighted by Gasteiger charge is 2.26. The highest BCUT2D eigenvalue weighted by Crippen LogP contribution is 2.22. The SMILES string of the molecule is CC(=O)OCC1CC(=O)C1. The maximum absolute atomic E-state index is 10.4. The van der Waals surface area contributed by atoms with E-state index in [-0.39, 0.29) is 11.8 Å². The van der Waals surface area contributed by atoms with Crippen molar-refractivity contribution >= 4 is 11.8 Å². The van der Waals surface area contributed by atoms with Crippen molar-refractivity contribution in [1.29, 1.82) is 0 Å². The summed E-state index contributed by atoms with van der Waals surface area (Å²) < 4.78 is 4.70. The van der Waals surface area contributed by atoms with Crippen LogP contribution >= 0.6 is 0 Å². The Morgan fingerprint density at radius 1 is 1.70 bits per heavy atom. The quantitative estimate of drug-likeness (QED) is 0.528. The first-order valence-corrected chi connectivity index (χ1v) is 3.33. The monoisotopic (exact) mass is 142 g/mol. The molecule has 3 heteroatoms. The second kappa shape index (κ2) is 2.82. The van der Waals surface area contributed by atoms with Crippen LogP contribution in [-0.4, -0.2) is 18.4 Å². The topological polar surface area (TPSA) is 43.4 Å². The molecule has 1 saturated carbocycles. The van der Waals surface area contributed by atoms with Crippen LogP contribution in [0.3, 0.4) is 0 Å². The number of Topliss-reactive ketones (excluding diaryl/α,β-unsaturated/α-hetero) is 1. The zero-order chi connectivity index (χ0) is 7.56. The fourth-order valence-corrected chi connectivity index (χ4v) is 0.937. The number of ketones is 1. The molecule has 0 radical (unpaired) electrons. The molecule has 3 nitrogen and oxygen atoms in total. The van der Waals surface area contributed by atoms with Crippen molar-refractivity contribution in [1.82, 2.24) is 0 Å². The Hall–Kier alpha value is -0.860. The van der Waals surface area contributed by atoms with Crippen LogP contribution in [0, 0.1) is 5.92 Å². The summed E-state index contributed by atoms with van der Waals surface area (Å²) >= 11 is 0. The lowest BCUT2D eigenvalue weighted by Crippen LogP contribution is -2.27. The molecule has 0 aliphatic heterocycles. The molecule has 0 atom stereocenters. The Bertz CT molecular complexity index is 154. The first-order valence-electron chi connectivity index (χ1n) is 3.33. The molecule has 0 amide bonds. The van der Waals surface area contributed by atoms with Crippen molar-refractivity contribution in [2.45, 2.75) is 19.8 Å². The van der Waals surface area contributed by atoms with Gasteiger partial charge in [-0.1, -0.05) is 0 Å². The molecule has 1 rings (SSSR count). The number of ether oxygens (including phenoxy) is 1. The molecule has 0 unspecified atom stereocenters. The van der Waals surface area contributed by atoms with E-state index in [4.69, 9.17) is 4.74 Å². The van der Waals surface area contributed by atoms with Crippen LogP contribution in [0.2, 0.25) is 0 Å². The van der Waals surface area contributed by atoms with Gasteiger partial charge in [-0.05, 0) is 0 Å². The number of carbonyl (C=O) groups excluding carboxylic acids is 2. The maximum Gasteiger partial charge on any atom is 0.302 e. The van der Waals surface area contributed by atoms with E-state index in [2.05, 4.69) is 0 Å². The number of hydrogen-bond donors (Lipinski definition) is 0. The Morgan fingerprint density at radius 2 is 2.30 bits per heavy atom. The number of hydrogen-bond acceptors (Lipinski definition) is 3. The summed E-state index contributed by atoms with van der Waals surface area (Å²) in [4.78, 5) is 20.7. The zero-order valence-electron chi connectivity index (χ0n) is 5.92. The molecule has 0 N–H and O–H groups in total. The first-order chi connectivity index (χ1) is 4.68. The van der Waals surface area contributed by atoms with E-state index < -0.39 is 0 Å². The minimum absolute atomic E-state index is 0.264. The molecule has 0 saturated heterocycles. The lowest BCUT2D eigenvalue weighted by atomic mass is 9.85. The van der Waals surface area contributed by atoms with Gasteiger partial charge in [-0.2, -0.15) is 0 Å². The van der Waals surface area contributed by atoms with Crippen LogP contribution in [-0.2, 0) is 14.3 Å². The largest absolute Gasteiger partial charge is 0.466 e. The molecule has 0 aromatic carbocycles. The fourth-order valence-electron chi connectivity index (χ4n) is 0.937. The van der Waals surface area contributed by atoms with Gasteiger partial charge in [0.15, 0.2) is 0 Å². The molecule has 56 valence electrons. The van der Waals surface area contributed by atoms with E-state index in [1.807, 2.05) is 0 Å². The summed E-state index contributed by atoms with van der Waals surface area (Å²) in [6.07, 6.45) is 1.18. The number of esters is 1. The third-order valence-corrected chi connectivity index (χ3v) is 1.55. The molecule has 0 aromatic rings. The van der Waals surface area contributed by atoms with Crippen molar-refractivity contribution in [3.8, 4) is 0 Å². The smallest absolute Gasteiger partial charge is 0.302 e. The van der Waals surface area contributed by atoms with Gasteiger partial charge >= 0.3 is 5.97 Å². The standard InChI is InChI=1S/C7H10O3/c1-5(8)10-4-6-2-7(9)3-6/h6H,2-4H2,1H3. The highest BCUT2D eigenvalue weighted by molar-refractivity contribution is 5.84. The van der Waals surface area contributed by atoms with Crippen molar-refractivity contribution < 1.29 is 14.3 Å². The summed E-state index contributed by atoms with van der Waals surface area (Å²) in [6.45, 7) is 1.79. The first kappa shape index (κ1) is 7.25. The average molecular weight is 142 g/mol. The third kappa shape index (κ3) is 1.83. The van der Waals surface area contributed by atoms with Crippen LogP contribution in [0.25, 0.3) is 0 Å². The molecule has 0 bridgehead atoms. The summed E-state index contributed by atoms with van der Waals surface area (Å²) in [5.74, 6) is 0.313. The van der Waals surface area contributed by atoms with Crippen molar-refractivity contribution in [3.05, 3.63) is 0 Å². The van der Waals surface area contributed by atoms with Gasteiger partial charge in [0.25, 0.3) is 0 Å². The van der Waals surface area contributed by atoms with Gasteiger partial charge in [0.1, 0.15) is 5.78 Å². The van der Waals surface area contributed by atoms with Gasteiger partial charge < -0.3 is 4.74 Å². The van der Waals surface area contributed by atoms with Crippen molar-refractivity contribution in [2.24, 2.45) is 5.92 Å². The Morgan fingerprint density at radius 3 is 2.70 bits per heavy atom. The summed E-state index contributed by atoms with van der Waals surface area (Å²) in [7, 11) is 0. The van der Waals surface area contributed by atoms with Crippen LogP contribution in [0.15, 0.2) is 0 Å². The predicted octanol–water partition coefficient (Wildman–Crippen LogP) is 0.529. The normalized spacial score (nSPS) is 18.3. The van der Waals surface area contributed by atoms with E-state index in [0.717, 1.165) is 0 Å². The zero-order valence-corrected chi connectivity index (χ0v) is 5.92. The molecule has 1 aliphatic carbocycles. The molecule has 1 aliphatic rings. The van der Waals surface area contributed by atoms with Crippen molar-refractivity contribution in [2.75, 3.05) is 6.61 Å². The molecule has 10 heavy (non-hydrogen) atoms. The maximum atomic E-state index is 10.4. The summed E-state index contributed by atoms with van der Waals surface area (Å²) in [5.41, 5.74) is 0. The fraction of sp³-hybridized carbons (Fsp3) is 0.714. The van der Waals surface area contributed by atoms with Gasteiger partial charge in [-0.25, -0.2) is 0 Å². The Kier molecular flexibility index (Phi) is 2.04. The van der Waals surface area contributed by atoms with E-state index in [1.165, 1.54) is 6.92 Å². The van der Waals surface area contributed by atoms with E-state index >= 15 is 0 Å². The van der Waals surface area contributed by atoms with Crippen LogP contribution in [0.1, 0.15) is 19.8 Å². The minimum atomic E-state index is -0.264. The third-order valence-electron chi connectivity index (χ3n) is 1.55. The Labute approximate surface area is 59.4 Å². The van der Waals surface area contributed by atoms with E-state index in [1.54, 1.807) is 0 Å². The summed E-state index contributed by atoms with van der Waals surface area (Å²) in [5, 5.41) is 0. The minimum Gasteiger partial charge on any atom is -0.466 e. The molecule has 0 aromatic heterocycles. The van der Waals surface area contributed by atoms with Gasteiger partial charge in [0.05, 0.1) is 6.61 Å². The molecular weight excluding hydrogens is 132 g/mol. The average Bonchev–Trinajstić information content (AvgIpc) is 1.77. The van der Waals surface area contributed by atoms with Gasteiger partial charge in [0, 0.05) is 25.7 Å². The van der Waals surface area contributed by atoms with Crippen LogP contribution in [0.4, 0.5) is 0 Å². The molecule has 0 spiro atoms. The van der Waals surface area contributed by atoms with Gasteiger partial charge in [0.2, 0.25) is 0 Å². The second-order valence-electron chi connectivity index (χ2n) is 2.62. The highest BCUT2D eigenvalue weighted by atomic mass is 16.5. The molecule has 0 heterocycles. The lowest BCUT2D eigenvalue weighted by molar-refractivity contribution is -0.145. The number of carbonyl (C=O) groups is 2. The predicted molar refractivity (Wildman–Crippen MR) is 34.4 cm³/mol. The second-order valence-corrected chi connectivity index (χ2v) is 2.62. The van der Waals surface area contributed by atoms with Gasteiger partial charge in [-0.3, -0.25) is 9.59 Å². The van der Waals surface area contributed by atoms with Gasteiger partial charge in [-0.15, -0.1) is 0 Å². The number of rotatable bonds is 2. The summed E-state index contributed by atoms with van der Waals surface area (Å²) in [6, 6.07) is 0. The van der Waals surface area contributed by atoms with E-state index in [0.29, 0.717) is 25.4 Å². The van der Waals surface area contributed by atoms with Crippen LogP contribution in [0.5, 0.6) is 0 Å². The lowest BCUT2D eigenvalue weighted by Gasteiger charge is -2.22. The molecule has 1 fully saturated rings. The van der Waals surface area contributed by atoms with Crippen molar-refractivity contribution in [3.63, 3.8) is 0 Å².